The maximum Gasteiger partial charge on any atom is 0.262 e. The van der Waals surface area contributed by atoms with Crippen molar-refractivity contribution in [3.63, 3.8) is 0 Å². The first-order chi connectivity index (χ1) is 17.4. The zero-order chi connectivity index (χ0) is 25.5. The number of carbonyl (C=O) groups excluding carboxylic acids is 3. The largest absolute Gasteiger partial charge is 0.484 e. The smallest absolute Gasteiger partial charge is 0.262 e. The molecule has 1 atom stereocenters. The van der Waals surface area contributed by atoms with Crippen molar-refractivity contribution in [1.29, 1.82) is 0 Å². The zero-order valence-corrected chi connectivity index (χ0v) is 20.9. The van der Waals surface area contributed by atoms with Gasteiger partial charge in [0.25, 0.3) is 5.91 Å². The molecule has 7 nitrogen and oxygen atoms in total. The minimum absolute atomic E-state index is 0.104. The van der Waals surface area contributed by atoms with Crippen LogP contribution in [-0.2, 0) is 20.8 Å². The van der Waals surface area contributed by atoms with Crippen LogP contribution in [0.15, 0.2) is 72.8 Å². The van der Waals surface area contributed by atoms with Crippen molar-refractivity contribution in [2.45, 2.75) is 12.8 Å². The van der Waals surface area contributed by atoms with E-state index in [1.54, 1.807) is 47.4 Å². The van der Waals surface area contributed by atoms with Gasteiger partial charge in [0.2, 0.25) is 11.8 Å². The number of hydrogen-bond donors (Lipinski definition) is 2. The van der Waals surface area contributed by atoms with Gasteiger partial charge in [0.05, 0.1) is 16.0 Å². The maximum absolute atomic E-state index is 12.6. The zero-order valence-electron chi connectivity index (χ0n) is 19.4. The quantitative estimate of drug-likeness (QED) is 0.423. The van der Waals surface area contributed by atoms with E-state index < -0.39 is 5.92 Å². The SMILES string of the molecule is O=C(COc1ccc(N2C[C@H](C(=O)NCCc3ccccc3)CC2=O)cc1)Nc1ccc(Cl)c(Cl)c1. The normalized spacial score (nSPS) is 15.0. The predicted molar refractivity (Wildman–Crippen MR) is 141 cm³/mol. The molecule has 1 heterocycles. The molecular formula is C27H25Cl2N3O4. The number of halogens is 2. The van der Waals surface area contributed by atoms with Gasteiger partial charge < -0.3 is 20.3 Å². The van der Waals surface area contributed by atoms with E-state index in [1.165, 1.54) is 0 Å². The Morgan fingerprint density at radius 2 is 1.72 bits per heavy atom. The number of nitrogens with zero attached hydrogens (tertiary/aromatic N) is 1. The van der Waals surface area contributed by atoms with Crippen LogP contribution in [0.25, 0.3) is 0 Å². The molecule has 3 amide bonds. The summed E-state index contributed by atoms with van der Waals surface area (Å²) in [4.78, 5) is 38.9. The fraction of sp³-hybridized carbons (Fsp3) is 0.222. The van der Waals surface area contributed by atoms with Crippen molar-refractivity contribution in [2.75, 3.05) is 29.9 Å². The Kier molecular flexibility index (Phi) is 8.46. The summed E-state index contributed by atoms with van der Waals surface area (Å²) < 4.78 is 5.54. The third kappa shape index (κ3) is 6.77. The molecule has 0 unspecified atom stereocenters. The van der Waals surface area contributed by atoms with Crippen LogP contribution >= 0.6 is 23.2 Å². The summed E-state index contributed by atoms with van der Waals surface area (Å²) in [5.41, 5.74) is 2.34. The molecule has 0 spiro atoms. The van der Waals surface area contributed by atoms with E-state index in [0.717, 1.165) is 12.0 Å². The van der Waals surface area contributed by atoms with Gasteiger partial charge in [-0.15, -0.1) is 0 Å². The molecule has 1 aliphatic heterocycles. The van der Waals surface area contributed by atoms with Gasteiger partial charge in [-0.2, -0.15) is 0 Å². The summed E-state index contributed by atoms with van der Waals surface area (Å²) in [5, 5.41) is 6.36. The number of nitrogens with one attached hydrogen (secondary N) is 2. The topological polar surface area (TPSA) is 87.7 Å². The second kappa shape index (κ2) is 11.9. The van der Waals surface area contributed by atoms with E-state index >= 15 is 0 Å². The van der Waals surface area contributed by atoms with Crippen LogP contribution < -0.4 is 20.3 Å². The van der Waals surface area contributed by atoms with Crippen LogP contribution in [0.2, 0.25) is 10.0 Å². The van der Waals surface area contributed by atoms with Gasteiger partial charge in [-0.1, -0.05) is 53.5 Å². The molecule has 3 aromatic carbocycles. The van der Waals surface area contributed by atoms with Gasteiger partial charge in [-0.05, 0) is 54.4 Å². The molecule has 1 fully saturated rings. The number of amides is 3. The summed E-state index contributed by atoms with van der Waals surface area (Å²) in [6.45, 7) is 0.647. The van der Waals surface area contributed by atoms with Crippen molar-refractivity contribution in [3.8, 4) is 5.75 Å². The molecule has 2 N–H and O–H groups in total. The van der Waals surface area contributed by atoms with Gasteiger partial charge in [0.1, 0.15) is 5.75 Å². The highest BCUT2D eigenvalue weighted by Gasteiger charge is 2.34. The Labute approximate surface area is 219 Å². The second-order valence-corrected chi connectivity index (χ2v) is 9.21. The number of carbonyl (C=O) groups is 3. The van der Waals surface area contributed by atoms with Crippen LogP contribution in [0.3, 0.4) is 0 Å². The van der Waals surface area contributed by atoms with Gasteiger partial charge in [-0.3, -0.25) is 14.4 Å². The minimum atomic E-state index is -0.394. The maximum atomic E-state index is 12.6. The Balaban J connectivity index is 1.24. The van der Waals surface area contributed by atoms with Crippen LogP contribution in [-0.4, -0.2) is 37.4 Å². The first-order valence-electron chi connectivity index (χ1n) is 11.5. The van der Waals surface area contributed by atoms with Crippen molar-refractivity contribution < 1.29 is 19.1 Å². The summed E-state index contributed by atoms with van der Waals surface area (Å²) >= 11 is 11.8. The van der Waals surface area contributed by atoms with E-state index in [9.17, 15) is 14.4 Å². The molecule has 1 saturated heterocycles. The number of ether oxygens (including phenoxy) is 1. The summed E-state index contributed by atoms with van der Waals surface area (Å²) in [5.74, 6) is -0.491. The Bertz CT molecular complexity index is 1240. The molecule has 4 rings (SSSR count). The van der Waals surface area contributed by atoms with Crippen LogP contribution in [0.5, 0.6) is 5.75 Å². The third-order valence-corrected chi connectivity index (χ3v) is 6.51. The van der Waals surface area contributed by atoms with Crippen molar-refractivity contribution in [1.82, 2.24) is 5.32 Å². The lowest BCUT2D eigenvalue weighted by Crippen LogP contribution is -2.34. The van der Waals surface area contributed by atoms with Crippen LogP contribution in [0.4, 0.5) is 11.4 Å². The fourth-order valence-electron chi connectivity index (χ4n) is 3.89. The van der Waals surface area contributed by atoms with Gasteiger partial charge in [-0.25, -0.2) is 0 Å². The lowest BCUT2D eigenvalue weighted by molar-refractivity contribution is -0.126. The fourth-order valence-corrected chi connectivity index (χ4v) is 4.19. The van der Waals surface area contributed by atoms with Gasteiger partial charge in [0, 0.05) is 30.9 Å². The number of hydrogen-bond acceptors (Lipinski definition) is 4. The first kappa shape index (κ1) is 25.5. The van der Waals surface area contributed by atoms with E-state index in [4.69, 9.17) is 27.9 Å². The minimum Gasteiger partial charge on any atom is -0.484 e. The molecule has 0 bridgehead atoms. The number of anilines is 2. The molecule has 1 aliphatic rings. The van der Waals surface area contributed by atoms with Crippen molar-refractivity contribution >= 4 is 52.3 Å². The molecule has 186 valence electrons. The molecule has 0 radical (unpaired) electrons. The van der Waals surface area contributed by atoms with E-state index in [0.29, 0.717) is 40.3 Å². The second-order valence-electron chi connectivity index (χ2n) is 8.39. The van der Waals surface area contributed by atoms with Crippen molar-refractivity contribution in [2.24, 2.45) is 5.92 Å². The summed E-state index contributed by atoms with van der Waals surface area (Å²) in [6.07, 6.45) is 0.911. The third-order valence-electron chi connectivity index (χ3n) is 5.77. The highest BCUT2D eigenvalue weighted by molar-refractivity contribution is 6.42. The molecule has 36 heavy (non-hydrogen) atoms. The first-order valence-corrected chi connectivity index (χ1v) is 12.2. The van der Waals surface area contributed by atoms with E-state index in [1.807, 2.05) is 30.3 Å². The lowest BCUT2D eigenvalue weighted by Gasteiger charge is -2.17. The Hall–Kier alpha value is -3.55. The Morgan fingerprint density at radius 3 is 2.44 bits per heavy atom. The van der Waals surface area contributed by atoms with E-state index in [2.05, 4.69) is 10.6 Å². The van der Waals surface area contributed by atoms with Gasteiger partial charge in [0.15, 0.2) is 6.61 Å². The Morgan fingerprint density at radius 1 is 0.972 bits per heavy atom. The summed E-state index contributed by atoms with van der Waals surface area (Å²) in [7, 11) is 0. The van der Waals surface area contributed by atoms with Crippen LogP contribution in [0, 0.1) is 5.92 Å². The number of rotatable bonds is 9. The number of benzene rings is 3. The van der Waals surface area contributed by atoms with Crippen molar-refractivity contribution in [3.05, 3.63) is 88.4 Å². The predicted octanol–water partition coefficient (Wildman–Crippen LogP) is 4.72. The monoisotopic (exact) mass is 525 g/mol. The molecule has 3 aromatic rings. The molecule has 0 aromatic heterocycles. The average molecular weight is 526 g/mol. The summed E-state index contributed by atoms with van der Waals surface area (Å²) in [6, 6.07) is 21.6. The lowest BCUT2D eigenvalue weighted by atomic mass is 10.1. The van der Waals surface area contributed by atoms with Gasteiger partial charge >= 0.3 is 0 Å². The van der Waals surface area contributed by atoms with Crippen LogP contribution in [0.1, 0.15) is 12.0 Å². The van der Waals surface area contributed by atoms with E-state index in [-0.39, 0.29) is 30.7 Å². The molecular weight excluding hydrogens is 501 g/mol. The standard InChI is InChI=1S/C27H25Cl2N3O4/c28-23-11-6-20(15-24(23)29)31-25(33)17-36-22-9-7-21(8-10-22)32-16-19(14-26(32)34)27(35)30-13-12-18-4-2-1-3-5-18/h1-11,15,19H,12-14,16-17H2,(H,30,35)(H,31,33)/t19-/m1/s1. The highest BCUT2D eigenvalue weighted by Crippen LogP contribution is 2.27. The molecule has 9 heteroatoms. The molecule has 0 saturated carbocycles. The average Bonchev–Trinajstić information content (AvgIpc) is 3.27. The molecule has 0 aliphatic carbocycles. The highest BCUT2D eigenvalue weighted by atomic mass is 35.5.